The molecule has 3 rings (SSSR count). The maximum absolute atomic E-state index is 12.7. The van der Waals surface area contributed by atoms with Gasteiger partial charge in [0.05, 0.1) is 29.7 Å². The van der Waals surface area contributed by atoms with E-state index in [0.29, 0.717) is 23.8 Å². The molecule has 134 valence electrons. The van der Waals surface area contributed by atoms with E-state index in [9.17, 15) is 14.4 Å². The van der Waals surface area contributed by atoms with E-state index in [-0.39, 0.29) is 29.6 Å². The fourth-order valence-corrected chi connectivity index (χ4v) is 3.78. The fourth-order valence-electron chi connectivity index (χ4n) is 3.78. The van der Waals surface area contributed by atoms with Crippen LogP contribution in [0.25, 0.3) is 0 Å². The monoisotopic (exact) mass is 343 g/mol. The Kier molecular flexibility index (Phi) is 5.21. The summed E-state index contributed by atoms with van der Waals surface area (Å²) in [6, 6.07) is 6.56. The SMILES string of the molecule is CCCCOC(=O)c1ccc(N2C(=O)[C@H]3CC[C@H](C)C[C@@H]3C2=O)cc1. The number of rotatable bonds is 5. The van der Waals surface area contributed by atoms with E-state index in [1.165, 1.54) is 4.90 Å². The first-order chi connectivity index (χ1) is 12.0. The van der Waals surface area contributed by atoms with Crippen molar-refractivity contribution in [3.8, 4) is 0 Å². The molecule has 0 radical (unpaired) electrons. The van der Waals surface area contributed by atoms with Crippen LogP contribution < -0.4 is 4.90 Å². The number of imide groups is 1. The topological polar surface area (TPSA) is 63.7 Å². The van der Waals surface area contributed by atoms with Crippen molar-refractivity contribution in [3.63, 3.8) is 0 Å². The van der Waals surface area contributed by atoms with Crippen molar-refractivity contribution >= 4 is 23.5 Å². The molecule has 1 aromatic rings. The zero-order valence-electron chi connectivity index (χ0n) is 14.9. The summed E-state index contributed by atoms with van der Waals surface area (Å²) in [5.41, 5.74) is 0.979. The van der Waals surface area contributed by atoms with Crippen LogP contribution in [-0.4, -0.2) is 24.4 Å². The van der Waals surface area contributed by atoms with Gasteiger partial charge >= 0.3 is 5.97 Å². The van der Waals surface area contributed by atoms with Gasteiger partial charge in [-0.2, -0.15) is 0 Å². The summed E-state index contributed by atoms with van der Waals surface area (Å²) in [7, 11) is 0. The summed E-state index contributed by atoms with van der Waals surface area (Å²) in [5, 5.41) is 0. The average Bonchev–Trinajstić information content (AvgIpc) is 2.85. The molecule has 5 nitrogen and oxygen atoms in total. The highest BCUT2D eigenvalue weighted by Gasteiger charge is 2.49. The minimum absolute atomic E-state index is 0.0971. The van der Waals surface area contributed by atoms with Gasteiger partial charge in [-0.25, -0.2) is 4.79 Å². The van der Waals surface area contributed by atoms with Crippen LogP contribution in [0.2, 0.25) is 0 Å². The molecule has 1 aromatic carbocycles. The molecule has 0 bridgehead atoms. The summed E-state index contributed by atoms with van der Waals surface area (Å²) < 4.78 is 5.18. The second-order valence-corrected chi connectivity index (χ2v) is 7.18. The molecular weight excluding hydrogens is 318 g/mol. The third-order valence-electron chi connectivity index (χ3n) is 5.28. The van der Waals surface area contributed by atoms with Crippen LogP contribution in [0, 0.1) is 17.8 Å². The Bertz CT molecular complexity index is 667. The summed E-state index contributed by atoms with van der Waals surface area (Å²) in [4.78, 5) is 38.6. The van der Waals surface area contributed by atoms with Gasteiger partial charge < -0.3 is 4.74 Å². The van der Waals surface area contributed by atoms with E-state index in [1.54, 1.807) is 24.3 Å². The van der Waals surface area contributed by atoms with Crippen LogP contribution in [-0.2, 0) is 14.3 Å². The number of anilines is 1. The van der Waals surface area contributed by atoms with E-state index in [1.807, 2.05) is 6.92 Å². The lowest BCUT2D eigenvalue weighted by Crippen LogP contribution is -2.30. The Morgan fingerprint density at radius 3 is 2.48 bits per heavy atom. The second-order valence-electron chi connectivity index (χ2n) is 7.18. The molecule has 1 saturated heterocycles. The maximum Gasteiger partial charge on any atom is 0.338 e. The van der Waals surface area contributed by atoms with Crippen molar-refractivity contribution in [1.29, 1.82) is 0 Å². The maximum atomic E-state index is 12.7. The van der Waals surface area contributed by atoms with Crippen molar-refractivity contribution in [1.82, 2.24) is 0 Å². The lowest BCUT2D eigenvalue weighted by Gasteiger charge is -2.25. The van der Waals surface area contributed by atoms with Crippen molar-refractivity contribution in [2.75, 3.05) is 11.5 Å². The summed E-state index contributed by atoms with van der Waals surface area (Å²) in [6.07, 6.45) is 4.37. The number of hydrogen-bond donors (Lipinski definition) is 0. The minimum atomic E-state index is -0.374. The van der Waals surface area contributed by atoms with E-state index < -0.39 is 0 Å². The van der Waals surface area contributed by atoms with Crippen LogP contribution in [0.3, 0.4) is 0 Å². The van der Waals surface area contributed by atoms with Gasteiger partial charge in [0.25, 0.3) is 0 Å². The highest BCUT2D eigenvalue weighted by molar-refractivity contribution is 6.22. The van der Waals surface area contributed by atoms with Gasteiger partial charge in [-0.3, -0.25) is 14.5 Å². The zero-order chi connectivity index (χ0) is 18.0. The number of nitrogens with zero attached hydrogens (tertiary/aromatic N) is 1. The number of esters is 1. The number of carbonyl (C=O) groups is 3. The van der Waals surface area contributed by atoms with Gasteiger partial charge in [0.15, 0.2) is 0 Å². The molecule has 2 fully saturated rings. The van der Waals surface area contributed by atoms with Crippen molar-refractivity contribution in [2.24, 2.45) is 17.8 Å². The minimum Gasteiger partial charge on any atom is -0.462 e. The summed E-state index contributed by atoms with van der Waals surface area (Å²) in [6.45, 7) is 4.57. The number of hydrogen-bond acceptors (Lipinski definition) is 4. The van der Waals surface area contributed by atoms with Gasteiger partial charge in [0.2, 0.25) is 11.8 Å². The molecule has 0 spiro atoms. The molecule has 5 heteroatoms. The Labute approximate surface area is 148 Å². The van der Waals surface area contributed by atoms with Crippen LogP contribution in [0.15, 0.2) is 24.3 Å². The zero-order valence-corrected chi connectivity index (χ0v) is 14.9. The predicted molar refractivity (Wildman–Crippen MR) is 94.1 cm³/mol. The molecule has 0 aromatic heterocycles. The van der Waals surface area contributed by atoms with E-state index in [4.69, 9.17) is 4.74 Å². The Balaban J connectivity index is 1.73. The van der Waals surface area contributed by atoms with Crippen molar-refractivity contribution in [2.45, 2.75) is 46.0 Å². The van der Waals surface area contributed by atoms with E-state index >= 15 is 0 Å². The highest BCUT2D eigenvalue weighted by atomic mass is 16.5. The highest BCUT2D eigenvalue weighted by Crippen LogP contribution is 2.42. The number of unbranched alkanes of at least 4 members (excludes halogenated alkanes) is 1. The molecule has 1 aliphatic carbocycles. The normalized spacial score (nSPS) is 25.8. The first-order valence-corrected chi connectivity index (χ1v) is 9.18. The lowest BCUT2D eigenvalue weighted by molar-refractivity contribution is -0.122. The summed E-state index contributed by atoms with van der Waals surface area (Å²) >= 11 is 0. The van der Waals surface area contributed by atoms with Gasteiger partial charge in [0.1, 0.15) is 0 Å². The molecule has 3 atom stereocenters. The smallest absolute Gasteiger partial charge is 0.338 e. The molecule has 1 aliphatic heterocycles. The molecule has 1 saturated carbocycles. The molecule has 2 aliphatic rings. The Morgan fingerprint density at radius 1 is 1.12 bits per heavy atom. The van der Waals surface area contributed by atoms with E-state index in [0.717, 1.165) is 32.1 Å². The third-order valence-corrected chi connectivity index (χ3v) is 5.28. The molecule has 1 heterocycles. The number of carbonyl (C=O) groups excluding carboxylic acids is 3. The number of amides is 2. The largest absolute Gasteiger partial charge is 0.462 e. The van der Waals surface area contributed by atoms with Gasteiger partial charge in [-0.15, -0.1) is 0 Å². The van der Waals surface area contributed by atoms with Gasteiger partial charge in [-0.05, 0) is 55.9 Å². The van der Waals surface area contributed by atoms with E-state index in [2.05, 4.69) is 6.92 Å². The lowest BCUT2D eigenvalue weighted by atomic mass is 9.76. The van der Waals surface area contributed by atoms with Crippen LogP contribution in [0.5, 0.6) is 0 Å². The molecular formula is C20H25NO4. The van der Waals surface area contributed by atoms with Crippen LogP contribution in [0.4, 0.5) is 5.69 Å². The molecule has 25 heavy (non-hydrogen) atoms. The quantitative estimate of drug-likeness (QED) is 0.466. The summed E-state index contributed by atoms with van der Waals surface area (Å²) in [5.74, 6) is -0.447. The first-order valence-electron chi connectivity index (χ1n) is 9.18. The first kappa shape index (κ1) is 17.6. The number of ether oxygens (including phenoxy) is 1. The average molecular weight is 343 g/mol. The van der Waals surface area contributed by atoms with Crippen LogP contribution >= 0.6 is 0 Å². The number of fused-ring (bicyclic) bond motifs is 1. The fraction of sp³-hybridized carbons (Fsp3) is 0.550. The van der Waals surface area contributed by atoms with Crippen LogP contribution in [0.1, 0.15) is 56.3 Å². The van der Waals surface area contributed by atoms with Crippen molar-refractivity contribution < 1.29 is 19.1 Å². The predicted octanol–water partition coefficient (Wildman–Crippen LogP) is 3.57. The third kappa shape index (κ3) is 3.46. The van der Waals surface area contributed by atoms with Gasteiger partial charge in [-0.1, -0.05) is 20.3 Å². The molecule has 0 N–H and O–H groups in total. The second kappa shape index (κ2) is 7.38. The Morgan fingerprint density at radius 2 is 1.80 bits per heavy atom. The molecule has 0 unspecified atom stereocenters. The Hall–Kier alpha value is -2.17. The van der Waals surface area contributed by atoms with Crippen molar-refractivity contribution in [3.05, 3.63) is 29.8 Å². The number of benzene rings is 1. The van der Waals surface area contributed by atoms with Gasteiger partial charge in [0, 0.05) is 0 Å². The standard InChI is InChI=1S/C20H25NO4/c1-3-4-11-25-20(24)14-6-8-15(9-7-14)21-18(22)16-10-5-13(2)12-17(16)19(21)23/h6-9,13,16-17H,3-5,10-12H2,1-2H3/t13-,16-,17-/m0/s1. The molecule has 2 amide bonds.